The molecule has 96 valence electrons. The van der Waals surface area contributed by atoms with Crippen LogP contribution < -0.4 is 0 Å². The molecule has 2 aliphatic carbocycles. The second-order valence-corrected chi connectivity index (χ2v) is 5.68. The fourth-order valence-electron chi connectivity index (χ4n) is 3.65. The van der Waals surface area contributed by atoms with Crippen molar-refractivity contribution in [3.8, 4) is 0 Å². The van der Waals surface area contributed by atoms with Crippen molar-refractivity contribution in [2.45, 2.75) is 51.4 Å². The van der Waals surface area contributed by atoms with Crippen LogP contribution >= 0.6 is 0 Å². The molecule has 2 atom stereocenters. The summed E-state index contributed by atoms with van der Waals surface area (Å²) in [6, 6.07) is 0. The summed E-state index contributed by atoms with van der Waals surface area (Å²) in [5, 5.41) is 0. The van der Waals surface area contributed by atoms with E-state index in [-0.39, 0.29) is 11.9 Å². The average Bonchev–Trinajstić information content (AvgIpc) is 2.39. The largest absolute Gasteiger partial charge is 0.469 e. The molecule has 17 heavy (non-hydrogen) atoms. The molecule has 2 saturated carbocycles. The summed E-state index contributed by atoms with van der Waals surface area (Å²) in [5.74, 6) is 1.37. The number of allylic oxidation sites excluding steroid dienone is 1. The normalized spacial score (nSPS) is 31.2. The Morgan fingerprint density at radius 1 is 1.24 bits per heavy atom. The molecule has 0 spiro atoms. The highest BCUT2D eigenvalue weighted by atomic mass is 16.5. The van der Waals surface area contributed by atoms with Gasteiger partial charge >= 0.3 is 5.97 Å². The molecule has 0 amide bonds. The molecule has 2 fully saturated rings. The molecule has 0 aliphatic heterocycles. The molecule has 2 rings (SSSR count). The lowest BCUT2D eigenvalue weighted by Crippen LogP contribution is -2.34. The van der Waals surface area contributed by atoms with E-state index >= 15 is 0 Å². The van der Waals surface area contributed by atoms with Crippen LogP contribution in [0.5, 0.6) is 0 Å². The van der Waals surface area contributed by atoms with Gasteiger partial charge in [-0.15, -0.1) is 0 Å². The van der Waals surface area contributed by atoms with E-state index in [9.17, 15) is 4.79 Å². The van der Waals surface area contributed by atoms with Gasteiger partial charge in [0.2, 0.25) is 0 Å². The van der Waals surface area contributed by atoms with Crippen LogP contribution in [-0.4, -0.2) is 13.1 Å². The lowest BCUT2D eigenvalue weighted by atomic mass is 9.67. The number of hydrogen-bond donors (Lipinski definition) is 0. The Balaban J connectivity index is 2.07. The fourth-order valence-corrected chi connectivity index (χ4v) is 3.65. The van der Waals surface area contributed by atoms with E-state index in [0.29, 0.717) is 5.92 Å². The minimum atomic E-state index is 0.00748. The predicted octanol–water partition coefficient (Wildman–Crippen LogP) is 3.71. The Labute approximate surface area is 104 Å². The van der Waals surface area contributed by atoms with Crippen molar-refractivity contribution in [1.82, 2.24) is 0 Å². The second-order valence-electron chi connectivity index (χ2n) is 5.68. The molecular formula is C15H24O2. The van der Waals surface area contributed by atoms with Crippen LogP contribution in [0.1, 0.15) is 51.4 Å². The van der Waals surface area contributed by atoms with E-state index in [1.54, 1.807) is 0 Å². The van der Waals surface area contributed by atoms with Crippen LogP contribution in [0.4, 0.5) is 0 Å². The van der Waals surface area contributed by atoms with Gasteiger partial charge in [-0.2, -0.15) is 0 Å². The summed E-state index contributed by atoms with van der Waals surface area (Å²) in [5.41, 5.74) is 1.33. The van der Waals surface area contributed by atoms with Gasteiger partial charge in [-0.3, -0.25) is 4.79 Å². The number of rotatable bonds is 2. The van der Waals surface area contributed by atoms with Crippen LogP contribution in [0.3, 0.4) is 0 Å². The number of esters is 1. The van der Waals surface area contributed by atoms with Crippen molar-refractivity contribution in [3.05, 3.63) is 12.2 Å². The monoisotopic (exact) mass is 236 g/mol. The molecule has 2 nitrogen and oxygen atoms in total. The highest BCUT2D eigenvalue weighted by Crippen LogP contribution is 2.43. The number of hydrogen-bond acceptors (Lipinski definition) is 2. The van der Waals surface area contributed by atoms with Crippen molar-refractivity contribution < 1.29 is 9.53 Å². The first-order valence-electron chi connectivity index (χ1n) is 6.97. The van der Waals surface area contributed by atoms with Gasteiger partial charge in [0.15, 0.2) is 0 Å². The molecule has 2 heteroatoms. The van der Waals surface area contributed by atoms with Gasteiger partial charge in [-0.1, -0.05) is 44.3 Å². The Morgan fingerprint density at radius 3 is 2.59 bits per heavy atom. The number of carbonyl (C=O) groups excluding carboxylic acids is 1. The third-order valence-corrected chi connectivity index (χ3v) is 4.61. The third kappa shape index (κ3) is 2.91. The minimum absolute atomic E-state index is 0.00748. The highest BCUT2D eigenvalue weighted by Gasteiger charge is 2.37. The molecule has 0 radical (unpaired) electrons. The molecule has 0 aromatic heterocycles. The van der Waals surface area contributed by atoms with Crippen LogP contribution in [0.15, 0.2) is 12.2 Å². The first kappa shape index (κ1) is 12.7. The molecule has 0 saturated heterocycles. The second kappa shape index (κ2) is 5.70. The summed E-state index contributed by atoms with van der Waals surface area (Å²) >= 11 is 0. The SMILES string of the molecule is C=C1CC[C@@H](C(=O)OC)C(C2CCCCC2)C1. The van der Waals surface area contributed by atoms with E-state index in [1.807, 2.05) is 0 Å². The molecule has 0 N–H and O–H groups in total. The van der Waals surface area contributed by atoms with Gasteiger partial charge in [0, 0.05) is 0 Å². The van der Waals surface area contributed by atoms with E-state index < -0.39 is 0 Å². The maximum absolute atomic E-state index is 11.9. The molecule has 0 bridgehead atoms. The summed E-state index contributed by atoms with van der Waals surface area (Å²) in [7, 11) is 1.52. The van der Waals surface area contributed by atoms with Crippen LogP contribution in [-0.2, 0) is 9.53 Å². The van der Waals surface area contributed by atoms with Gasteiger partial charge in [0.25, 0.3) is 0 Å². The maximum atomic E-state index is 11.9. The number of carbonyl (C=O) groups is 1. The standard InChI is InChI=1S/C15H24O2/c1-11-8-9-13(15(16)17-2)14(10-11)12-6-4-3-5-7-12/h12-14H,1,3-10H2,2H3/t13-,14?/m1/s1. The van der Waals surface area contributed by atoms with Crippen molar-refractivity contribution in [2.24, 2.45) is 17.8 Å². The summed E-state index contributed by atoms with van der Waals surface area (Å²) in [4.78, 5) is 11.9. The Kier molecular flexibility index (Phi) is 4.25. The first-order chi connectivity index (χ1) is 8.22. The van der Waals surface area contributed by atoms with Gasteiger partial charge in [0.1, 0.15) is 0 Å². The first-order valence-corrected chi connectivity index (χ1v) is 6.97. The van der Waals surface area contributed by atoms with Crippen molar-refractivity contribution in [2.75, 3.05) is 7.11 Å². The van der Waals surface area contributed by atoms with Crippen molar-refractivity contribution in [3.63, 3.8) is 0 Å². The van der Waals surface area contributed by atoms with Gasteiger partial charge in [-0.25, -0.2) is 0 Å². The quantitative estimate of drug-likeness (QED) is 0.539. The van der Waals surface area contributed by atoms with E-state index in [4.69, 9.17) is 4.74 Å². The number of methoxy groups -OCH3 is 1. The lowest BCUT2D eigenvalue weighted by Gasteiger charge is -2.38. The minimum Gasteiger partial charge on any atom is -0.469 e. The zero-order valence-corrected chi connectivity index (χ0v) is 10.9. The maximum Gasteiger partial charge on any atom is 0.308 e. The highest BCUT2D eigenvalue weighted by molar-refractivity contribution is 5.73. The predicted molar refractivity (Wildman–Crippen MR) is 68.6 cm³/mol. The molecule has 2 aliphatic rings. The Morgan fingerprint density at radius 2 is 1.94 bits per heavy atom. The molecule has 0 aromatic rings. The van der Waals surface area contributed by atoms with Gasteiger partial charge in [0.05, 0.1) is 13.0 Å². The summed E-state index contributed by atoms with van der Waals surface area (Å²) in [6.45, 7) is 4.13. The zero-order valence-electron chi connectivity index (χ0n) is 10.9. The lowest BCUT2D eigenvalue weighted by molar-refractivity contribution is -0.149. The number of ether oxygens (including phenoxy) is 1. The topological polar surface area (TPSA) is 26.3 Å². The van der Waals surface area contributed by atoms with Crippen molar-refractivity contribution in [1.29, 1.82) is 0 Å². The summed E-state index contributed by atoms with van der Waals surface area (Å²) in [6.07, 6.45) is 9.63. The smallest absolute Gasteiger partial charge is 0.308 e. The average molecular weight is 236 g/mol. The molecule has 0 heterocycles. The Hall–Kier alpha value is -0.790. The molecule has 0 aromatic carbocycles. The fraction of sp³-hybridized carbons (Fsp3) is 0.800. The summed E-state index contributed by atoms with van der Waals surface area (Å²) < 4.78 is 4.98. The van der Waals surface area contributed by atoms with Crippen molar-refractivity contribution >= 4 is 5.97 Å². The van der Waals surface area contributed by atoms with Gasteiger partial charge in [-0.05, 0) is 31.1 Å². The van der Waals surface area contributed by atoms with E-state index in [2.05, 4.69) is 6.58 Å². The van der Waals surface area contributed by atoms with Crippen LogP contribution in [0, 0.1) is 17.8 Å². The molecule has 1 unspecified atom stereocenters. The van der Waals surface area contributed by atoms with E-state index in [1.165, 1.54) is 44.8 Å². The Bertz CT molecular complexity index is 289. The zero-order chi connectivity index (χ0) is 12.3. The van der Waals surface area contributed by atoms with Crippen LogP contribution in [0.25, 0.3) is 0 Å². The van der Waals surface area contributed by atoms with Gasteiger partial charge < -0.3 is 4.74 Å². The van der Waals surface area contributed by atoms with E-state index in [0.717, 1.165) is 25.2 Å². The molecular weight excluding hydrogens is 212 g/mol. The van der Waals surface area contributed by atoms with Crippen LogP contribution in [0.2, 0.25) is 0 Å². The third-order valence-electron chi connectivity index (χ3n) is 4.61.